The van der Waals surface area contributed by atoms with Gasteiger partial charge in [0.15, 0.2) is 0 Å². The first-order valence-electron chi connectivity index (χ1n) is 5.71. The molecule has 0 N–H and O–H groups in total. The summed E-state index contributed by atoms with van der Waals surface area (Å²) in [4.78, 5) is 17.4. The lowest BCUT2D eigenvalue weighted by Crippen LogP contribution is -2.30. The van der Waals surface area contributed by atoms with Crippen LogP contribution in [-0.4, -0.2) is 17.2 Å². The number of nitriles is 1. The van der Waals surface area contributed by atoms with Crippen molar-refractivity contribution < 1.29 is 0 Å². The van der Waals surface area contributed by atoms with E-state index >= 15 is 0 Å². The van der Waals surface area contributed by atoms with Crippen LogP contribution < -0.4 is 5.56 Å². The highest BCUT2D eigenvalue weighted by molar-refractivity contribution is 5.36. The van der Waals surface area contributed by atoms with Crippen LogP contribution in [-0.2, 0) is 6.54 Å². The Labute approximate surface area is 114 Å². The number of nitrogens with zero attached hydrogens (tertiary/aromatic N) is 8. The van der Waals surface area contributed by atoms with Crippen molar-refractivity contribution in [3.05, 3.63) is 54.1 Å². The van der Waals surface area contributed by atoms with Gasteiger partial charge >= 0.3 is 0 Å². The molecule has 0 amide bonds. The summed E-state index contributed by atoms with van der Waals surface area (Å²) in [6, 6.07) is 2.89. The molecule has 0 bridgehead atoms. The van der Waals surface area contributed by atoms with Crippen LogP contribution in [0.5, 0.6) is 0 Å². The molecule has 0 radical (unpaired) electrons. The molecule has 0 unspecified atom stereocenters. The van der Waals surface area contributed by atoms with Gasteiger partial charge in [-0.2, -0.15) is 5.26 Å². The van der Waals surface area contributed by atoms with Gasteiger partial charge in [-0.1, -0.05) is 10.2 Å². The second kappa shape index (κ2) is 6.85. The van der Waals surface area contributed by atoms with Gasteiger partial charge in [-0.25, -0.2) is 0 Å². The Balaban J connectivity index is 3.26. The fourth-order valence-electron chi connectivity index (χ4n) is 1.84. The van der Waals surface area contributed by atoms with Crippen LogP contribution >= 0.6 is 0 Å². The maximum absolute atomic E-state index is 12.2. The first-order valence-corrected chi connectivity index (χ1v) is 5.71. The smallest absolute Gasteiger partial charge is 0.268 e. The second-order valence-electron chi connectivity index (χ2n) is 4.14. The van der Waals surface area contributed by atoms with E-state index in [1.165, 1.54) is 4.57 Å². The summed E-state index contributed by atoms with van der Waals surface area (Å²) < 4.78 is 1.35. The number of azide groups is 2. The first kappa shape index (κ1) is 15.1. The molecule has 20 heavy (non-hydrogen) atoms. The van der Waals surface area contributed by atoms with Gasteiger partial charge in [0, 0.05) is 28.6 Å². The van der Waals surface area contributed by atoms with Gasteiger partial charge in [-0.15, -0.1) is 0 Å². The number of aromatic nitrogens is 1. The SMILES string of the molecule is Cc1cc(C)n(C[C@H](CN=[N+]=[N-])N=[N+]=[N-])c(=O)c1C#N. The van der Waals surface area contributed by atoms with Crippen molar-refractivity contribution in [2.45, 2.75) is 26.4 Å². The second-order valence-corrected chi connectivity index (χ2v) is 4.14. The highest BCUT2D eigenvalue weighted by Gasteiger charge is 2.13. The Morgan fingerprint density at radius 3 is 2.70 bits per heavy atom. The van der Waals surface area contributed by atoms with E-state index < -0.39 is 11.6 Å². The predicted octanol–water partition coefficient (Wildman–Crippen LogP) is 2.33. The van der Waals surface area contributed by atoms with Crippen molar-refractivity contribution >= 4 is 0 Å². The Bertz CT molecular complexity index is 700. The predicted molar refractivity (Wildman–Crippen MR) is 71.8 cm³/mol. The molecule has 9 heteroatoms. The zero-order chi connectivity index (χ0) is 15.1. The zero-order valence-electron chi connectivity index (χ0n) is 11.1. The van der Waals surface area contributed by atoms with E-state index in [-0.39, 0.29) is 18.7 Å². The average molecular weight is 272 g/mol. The highest BCUT2D eigenvalue weighted by Crippen LogP contribution is 2.07. The summed E-state index contributed by atoms with van der Waals surface area (Å²) >= 11 is 0. The van der Waals surface area contributed by atoms with Gasteiger partial charge in [-0.05, 0) is 36.5 Å². The third-order valence-electron chi connectivity index (χ3n) is 2.78. The molecule has 0 spiro atoms. The lowest BCUT2D eigenvalue weighted by molar-refractivity contribution is 0.533. The molecule has 0 fully saturated rings. The average Bonchev–Trinajstić information content (AvgIpc) is 2.40. The molecule has 1 atom stereocenters. The maximum Gasteiger partial charge on any atom is 0.268 e. The van der Waals surface area contributed by atoms with E-state index in [1.807, 2.05) is 6.07 Å². The summed E-state index contributed by atoms with van der Waals surface area (Å²) in [5.41, 5.74) is 17.6. The molecule has 9 nitrogen and oxygen atoms in total. The van der Waals surface area contributed by atoms with Crippen LogP contribution in [0.1, 0.15) is 16.8 Å². The van der Waals surface area contributed by atoms with Crippen LogP contribution in [0.15, 0.2) is 21.1 Å². The molecular weight excluding hydrogens is 260 g/mol. The number of hydrogen-bond donors (Lipinski definition) is 0. The summed E-state index contributed by atoms with van der Waals surface area (Å²) in [5.74, 6) is 0. The van der Waals surface area contributed by atoms with E-state index in [1.54, 1.807) is 19.9 Å². The molecule has 0 aliphatic carbocycles. The van der Waals surface area contributed by atoms with E-state index in [9.17, 15) is 4.79 Å². The normalized spacial score (nSPS) is 10.8. The number of aryl methyl sites for hydroxylation is 2. The quantitative estimate of drug-likeness (QED) is 0.460. The number of hydrogen-bond acceptors (Lipinski definition) is 4. The van der Waals surface area contributed by atoms with E-state index in [2.05, 4.69) is 20.1 Å². The van der Waals surface area contributed by atoms with Gasteiger partial charge in [0.25, 0.3) is 5.56 Å². The van der Waals surface area contributed by atoms with E-state index in [0.29, 0.717) is 11.3 Å². The molecule has 0 saturated carbocycles. The summed E-state index contributed by atoms with van der Waals surface area (Å²) in [6.07, 6.45) is 0. The van der Waals surface area contributed by atoms with Crippen molar-refractivity contribution in [2.75, 3.05) is 6.54 Å². The molecule has 0 saturated heterocycles. The fourth-order valence-corrected chi connectivity index (χ4v) is 1.84. The topological polar surface area (TPSA) is 143 Å². The maximum atomic E-state index is 12.2. The Kier molecular flexibility index (Phi) is 5.18. The van der Waals surface area contributed by atoms with Crippen LogP contribution in [0.25, 0.3) is 20.9 Å². The van der Waals surface area contributed by atoms with E-state index in [4.69, 9.17) is 16.3 Å². The van der Waals surface area contributed by atoms with Gasteiger partial charge in [-0.3, -0.25) is 4.79 Å². The molecule has 1 heterocycles. The van der Waals surface area contributed by atoms with Gasteiger partial charge in [0.1, 0.15) is 11.6 Å². The van der Waals surface area contributed by atoms with Crippen molar-refractivity contribution in [1.29, 1.82) is 5.26 Å². The molecule has 1 aromatic heterocycles. The van der Waals surface area contributed by atoms with Crippen molar-refractivity contribution in [3.63, 3.8) is 0 Å². The van der Waals surface area contributed by atoms with Crippen molar-refractivity contribution in [2.24, 2.45) is 10.2 Å². The van der Waals surface area contributed by atoms with Gasteiger partial charge in [0.2, 0.25) is 0 Å². The lowest BCUT2D eigenvalue weighted by Gasteiger charge is -2.15. The Morgan fingerprint density at radius 1 is 1.45 bits per heavy atom. The summed E-state index contributed by atoms with van der Waals surface area (Å²) in [6.45, 7) is 3.41. The minimum Gasteiger partial charge on any atom is -0.311 e. The number of rotatable bonds is 5. The first-order chi connectivity index (χ1) is 9.54. The van der Waals surface area contributed by atoms with Crippen molar-refractivity contribution in [1.82, 2.24) is 4.57 Å². The fraction of sp³-hybridized carbons (Fsp3) is 0.455. The van der Waals surface area contributed by atoms with Gasteiger partial charge < -0.3 is 4.57 Å². The highest BCUT2D eigenvalue weighted by atomic mass is 16.1. The summed E-state index contributed by atoms with van der Waals surface area (Å²) in [7, 11) is 0. The Hall–Kier alpha value is -2.94. The Morgan fingerprint density at radius 2 is 2.15 bits per heavy atom. The standard InChI is InChI=1S/C11H12N8O/c1-7-3-8(2)19(11(20)10(7)4-12)6-9(16-18-14)5-15-17-13/h3,9H,5-6H2,1-2H3/t9-/m0/s1. The zero-order valence-corrected chi connectivity index (χ0v) is 11.1. The molecule has 1 aromatic rings. The minimum atomic E-state index is -0.679. The third kappa shape index (κ3) is 3.29. The number of pyridine rings is 1. The summed E-state index contributed by atoms with van der Waals surface area (Å²) in [5, 5.41) is 15.8. The van der Waals surface area contributed by atoms with Gasteiger partial charge in [0.05, 0.1) is 6.04 Å². The molecule has 0 aliphatic heterocycles. The molecule has 0 aromatic carbocycles. The molecule has 1 rings (SSSR count). The van der Waals surface area contributed by atoms with Crippen LogP contribution in [0.3, 0.4) is 0 Å². The lowest BCUT2D eigenvalue weighted by atomic mass is 10.1. The minimum absolute atomic E-state index is 0.0534. The largest absolute Gasteiger partial charge is 0.311 e. The molecular formula is C11H12N8O. The van der Waals surface area contributed by atoms with Crippen LogP contribution in [0.4, 0.5) is 0 Å². The molecule has 0 aliphatic rings. The third-order valence-corrected chi connectivity index (χ3v) is 2.78. The van der Waals surface area contributed by atoms with Crippen molar-refractivity contribution in [3.8, 4) is 6.07 Å². The molecule has 102 valence electrons. The monoisotopic (exact) mass is 272 g/mol. The van der Waals surface area contributed by atoms with Crippen LogP contribution in [0, 0.1) is 25.2 Å². The van der Waals surface area contributed by atoms with Crippen LogP contribution in [0.2, 0.25) is 0 Å². The van der Waals surface area contributed by atoms with E-state index in [0.717, 1.165) is 0 Å².